The van der Waals surface area contributed by atoms with Gasteiger partial charge in [0.05, 0.1) is 6.04 Å². The van der Waals surface area contributed by atoms with E-state index in [1.165, 1.54) is 32.1 Å². The third kappa shape index (κ3) is 3.34. The van der Waals surface area contributed by atoms with Gasteiger partial charge in [0.25, 0.3) is 0 Å². The van der Waals surface area contributed by atoms with E-state index in [1.54, 1.807) is 0 Å². The molecule has 0 radical (unpaired) electrons. The van der Waals surface area contributed by atoms with Crippen LogP contribution in [0.2, 0.25) is 0 Å². The minimum absolute atomic E-state index is 0.0639. The predicted molar refractivity (Wildman–Crippen MR) is 80.6 cm³/mol. The lowest BCUT2D eigenvalue weighted by molar-refractivity contribution is -0.125. The fraction of sp³-hybridized carbons (Fsp3) is 0.938. The van der Waals surface area contributed by atoms with E-state index in [0.717, 1.165) is 38.3 Å². The number of carbonyl (C=O) groups excluding carboxylic acids is 1. The Bertz CT molecular complexity index is 339. The van der Waals surface area contributed by atoms with Crippen molar-refractivity contribution >= 4 is 5.91 Å². The van der Waals surface area contributed by atoms with E-state index < -0.39 is 0 Å². The van der Waals surface area contributed by atoms with Gasteiger partial charge >= 0.3 is 0 Å². The van der Waals surface area contributed by atoms with E-state index in [0.29, 0.717) is 12.1 Å². The largest absolute Gasteiger partial charge is 0.352 e. The van der Waals surface area contributed by atoms with E-state index >= 15 is 0 Å². The second-order valence-corrected chi connectivity index (χ2v) is 7.03. The maximum absolute atomic E-state index is 12.4. The Morgan fingerprint density at radius 2 is 1.80 bits per heavy atom. The van der Waals surface area contributed by atoms with Gasteiger partial charge in [-0.2, -0.15) is 0 Å². The number of piperidine rings is 2. The molecule has 2 saturated heterocycles. The van der Waals surface area contributed by atoms with Crippen molar-refractivity contribution in [3.8, 4) is 0 Å². The molecule has 4 heteroatoms. The van der Waals surface area contributed by atoms with Gasteiger partial charge in [0.1, 0.15) is 0 Å². The zero-order valence-corrected chi connectivity index (χ0v) is 12.7. The van der Waals surface area contributed by atoms with Crippen LogP contribution in [-0.4, -0.2) is 49.1 Å². The molecule has 114 valence electrons. The highest BCUT2D eigenvalue weighted by Crippen LogP contribution is 2.32. The number of hydrogen-bond donors (Lipinski definition) is 2. The van der Waals surface area contributed by atoms with Gasteiger partial charge in [0.15, 0.2) is 0 Å². The van der Waals surface area contributed by atoms with E-state index in [4.69, 9.17) is 0 Å². The Balaban J connectivity index is 1.47. The van der Waals surface area contributed by atoms with Gasteiger partial charge < -0.3 is 15.5 Å². The number of hydrogen-bond acceptors (Lipinski definition) is 3. The number of carbonyl (C=O) groups is 1. The van der Waals surface area contributed by atoms with Crippen LogP contribution in [0.15, 0.2) is 0 Å². The lowest BCUT2D eigenvalue weighted by atomic mass is 9.77. The third-order valence-corrected chi connectivity index (χ3v) is 5.53. The van der Waals surface area contributed by atoms with Crippen molar-refractivity contribution < 1.29 is 4.79 Å². The van der Waals surface area contributed by atoms with Gasteiger partial charge in [-0.05, 0) is 64.6 Å². The smallest absolute Gasteiger partial charge is 0.237 e. The molecule has 2 N–H and O–H groups in total. The van der Waals surface area contributed by atoms with Crippen LogP contribution in [0.4, 0.5) is 0 Å². The van der Waals surface area contributed by atoms with Crippen LogP contribution in [0.3, 0.4) is 0 Å². The molecule has 1 saturated carbocycles. The van der Waals surface area contributed by atoms with Gasteiger partial charge in [-0.25, -0.2) is 0 Å². The summed E-state index contributed by atoms with van der Waals surface area (Å²) in [6, 6.07) is 1.06. The summed E-state index contributed by atoms with van der Waals surface area (Å²) in [6.07, 6.45) is 9.81. The molecule has 3 rings (SSSR count). The zero-order chi connectivity index (χ0) is 13.9. The average Bonchev–Trinajstić information content (AvgIpc) is 2.49. The molecule has 2 aliphatic heterocycles. The first-order valence-corrected chi connectivity index (χ1v) is 8.47. The minimum Gasteiger partial charge on any atom is -0.352 e. The standard InChI is InChI=1S/C16H29N3O/c1-19-10-8-13(9-11-19)17-16(20)15-7-6-12-4-2-3-5-14(12)18-15/h12-15,18H,2-11H2,1H3,(H,17,20). The maximum Gasteiger partial charge on any atom is 0.237 e. The van der Waals surface area contributed by atoms with Gasteiger partial charge in [-0.3, -0.25) is 4.79 Å². The van der Waals surface area contributed by atoms with Crippen LogP contribution in [0.5, 0.6) is 0 Å². The number of nitrogens with zero attached hydrogens (tertiary/aromatic N) is 1. The summed E-state index contributed by atoms with van der Waals surface area (Å²) in [5.74, 6) is 1.08. The van der Waals surface area contributed by atoms with Gasteiger partial charge in [-0.15, -0.1) is 0 Å². The van der Waals surface area contributed by atoms with Crippen molar-refractivity contribution in [2.75, 3.05) is 20.1 Å². The number of nitrogens with one attached hydrogen (secondary N) is 2. The average molecular weight is 279 g/mol. The van der Waals surface area contributed by atoms with Crippen molar-refractivity contribution in [3.63, 3.8) is 0 Å². The molecule has 0 bridgehead atoms. The molecular weight excluding hydrogens is 250 g/mol. The van der Waals surface area contributed by atoms with Crippen molar-refractivity contribution in [1.29, 1.82) is 0 Å². The van der Waals surface area contributed by atoms with E-state index in [-0.39, 0.29) is 11.9 Å². The summed E-state index contributed by atoms with van der Waals surface area (Å²) < 4.78 is 0. The van der Waals surface area contributed by atoms with Gasteiger partial charge in [0, 0.05) is 12.1 Å². The number of likely N-dealkylation sites (tertiary alicyclic amines) is 1. The summed E-state index contributed by atoms with van der Waals surface area (Å²) >= 11 is 0. The first kappa shape index (κ1) is 14.3. The van der Waals surface area contributed by atoms with Crippen LogP contribution < -0.4 is 10.6 Å². The Morgan fingerprint density at radius 3 is 2.60 bits per heavy atom. The van der Waals surface area contributed by atoms with Crippen LogP contribution >= 0.6 is 0 Å². The second kappa shape index (κ2) is 6.44. The molecule has 4 nitrogen and oxygen atoms in total. The highest BCUT2D eigenvalue weighted by molar-refractivity contribution is 5.82. The Morgan fingerprint density at radius 1 is 1.05 bits per heavy atom. The Hall–Kier alpha value is -0.610. The Kier molecular flexibility index (Phi) is 4.61. The van der Waals surface area contributed by atoms with Crippen LogP contribution in [0.25, 0.3) is 0 Å². The van der Waals surface area contributed by atoms with Crippen molar-refractivity contribution in [1.82, 2.24) is 15.5 Å². The SMILES string of the molecule is CN1CCC(NC(=O)C2CCC3CCCCC3N2)CC1. The molecule has 0 aromatic heterocycles. The molecular formula is C16H29N3O. The molecule has 3 unspecified atom stereocenters. The second-order valence-electron chi connectivity index (χ2n) is 7.03. The molecule has 20 heavy (non-hydrogen) atoms. The molecule has 0 aromatic carbocycles. The summed E-state index contributed by atoms with van der Waals surface area (Å²) in [5, 5.41) is 6.91. The first-order chi connectivity index (χ1) is 9.72. The first-order valence-electron chi connectivity index (χ1n) is 8.47. The lowest BCUT2D eigenvalue weighted by Gasteiger charge is -2.40. The minimum atomic E-state index is 0.0639. The fourth-order valence-electron chi connectivity index (χ4n) is 4.16. The topological polar surface area (TPSA) is 44.4 Å². The predicted octanol–water partition coefficient (Wildman–Crippen LogP) is 1.51. The molecule has 0 aromatic rings. The molecule has 2 heterocycles. The van der Waals surface area contributed by atoms with Gasteiger partial charge in [-0.1, -0.05) is 12.8 Å². The van der Waals surface area contributed by atoms with Gasteiger partial charge in [0.2, 0.25) is 5.91 Å². The van der Waals surface area contributed by atoms with Crippen molar-refractivity contribution in [2.45, 2.75) is 69.5 Å². The van der Waals surface area contributed by atoms with Crippen LogP contribution in [-0.2, 0) is 4.79 Å². The lowest BCUT2D eigenvalue weighted by Crippen LogP contribution is -2.57. The van der Waals surface area contributed by atoms with Crippen LogP contribution in [0.1, 0.15) is 51.4 Å². The number of rotatable bonds is 2. The summed E-state index contributed by atoms with van der Waals surface area (Å²) in [6.45, 7) is 2.21. The molecule has 1 amide bonds. The monoisotopic (exact) mass is 279 g/mol. The molecule has 3 atom stereocenters. The van der Waals surface area contributed by atoms with Crippen molar-refractivity contribution in [2.24, 2.45) is 5.92 Å². The van der Waals surface area contributed by atoms with Crippen LogP contribution in [0, 0.1) is 5.92 Å². The summed E-state index contributed by atoms with van der Waals surface area (Å²) in [4.78, 5) is 14.8. The maximum atomic E-state index is 12.4. The normalized spacial score (nSPS) is 36.4. The van der Waals surface area contributed by atoms with E-state index in [1.807, 2.05) is 0 Å². The molecule has 3 fully saturated rings. The number of fused-ring (bicyclic) bond motifs is 1. The fourth-order valence-corrected chi connectivity index (χ4v) is 4.16. The van der Waals surface area contributed by atoms with Crippen molar-refractivity contribution in [3.05, 3.63) is 0 Å². The molecule has 3 aliphatic rings. The quantitative estimate of drug-likeness (QED) is 0.805. The summed E-state index contributed by atoms with van der Waals surface area (Å²) in [5.41, 5.74) is 0. The third-order valence-electron chi connectivity index (χ3n) is 5.53. The van der Waals surface area contributed by atoms with E-state index in [9.17, 15) is 4.79 Å². The molecule has 0 spiro atoms. The highest BCUT2D eigenvalue weighted by atomic mass is 16.2. The zero-order valence-electron chi connectivity index (χ0n) is 12.7. The highest BCUT2D eigenvalue weighted by Gasteiger charge is 2.35. The van der Waals surface area contributed by atoms with E-state index in [2.05, 4.69) is 22.6 Å². The molecule has 1 aliphatic carbocycles. The Labute approximate surface area is 122 Å². The summed E-state index contributed by atoms with van der Waals surface area (Å²) in [7, 11) is 2.16. The number of amides is 1.